The minimum absolute atomic E-state index is 0.0237. The molecule has 8 heteroatoms. The summed E-state index contributed by atoms with van der Waals surface area (Å²) in [6.07, 6.45) is 1.58. The highest BCUT2D eigenvalue weighted by Crippen LogP contribution is 2.20. The second kappa shape index (κ2) is 7.35. The summed E-state index contributed by atoms with van der Waals surface area (Å²) in [5, 5.41) is 2.46. The van der Waals surface area contributed by atoms with Crippen molar-refractivity contribution in [2.45, 2.75) is 11.4 Å². The summed E-state index contributed by atoms with van der Waals surface area (Å²) < 4.78 is 27.2. The van der Waals surface area contributed by atoms with Crippen LogP contribution in [0.5, 0.6) is 0 Å². The van der Waals surface area contributed by atoms with E-state index in [1.165, 1.54) is 12.1 Å². The number of sulfonamides is 1. The molecule has 0 aliphatic heterocycles. The minimum atomic E-state index is -3.79. The van der Waals surface area contributed by atoms with Crippen molar-refractivity contribution in [3.05, 3.63) is 54.4 Å². The van der Waals surface area contributed by atoms with Crippen LogP contribution in [-0.2, 0) is 21.4 Å². The van der Waals surface area contributed by atoms with Gasteiger partial charge in [-0.3, -0.25) is 9.78 Å². The molecule has 2 aromatic rings. The van der Waals surface area contributed by atoms with Gasteiger partial charge in [0.2, 0.25) is 15.9 Å². The average Bonchev–Trinajstić information content (AvgIpc) is 2.54. The molecule has 0 aliphatic rings. The third kappa shape index (κ3) is 4.27. The van der Waals surface area contributed by atoms with Gasteiger partial charge in [-0.05, 0) is 24.3 Å². The summed E-state index contributed by atoms with van der Waals surface area (Å²) in [5.41, 5.74) is 0.773. The number of rotatable bonds is 6. The average molecular weight is 340 g/mol. The molecule has 22 heavy (non-hydrogen) atoms. The van der Waals surface area contributed by atoms with E-state index >= 15 is 0 Å². The second-order valence-corrected chi connectivity index (χ2v) is 6.33. The quantitative estimate of drug-likeness (QED) is 0.785. The fourth-order valence-electron chi connectivity index (χ4n) is 1.74. The Morgan fingerprint density at radius 2 is 1.86 bits per heavy atom. The molecule has 2 N–H and O–H groups in total. The lowest BCUT2D eigenvalue weighted by atomic mass is 10.3. The number of anilines is 1. The maximum atomic E-state index is 12.4. The molecule has 0 saturated carbocycles. The van der Waals surface area contributed by atoms with Crippen LogP contribution in [-0.4, -0.2) is 25.2 Å². The van der Waals surface area contributed by atoms with E-state index in [-0.39, 0.29) is 23.0 Å². The molecule has 0 fully saturated rings. The van der Waals surface area contributed by atoms with Crippen molar-refractivity contribution in [2.75, 3.05) is 11.2 Å². The Labute approximate surface area is 133 Å². The van der Waals surface area contributed by atoms with E-state index in [9.17, 15) is 13.2 Å². The SMILES string of the molecule is O=C(CCl)Nc1ccccc1S(=O)(=O)NCc1ccccn1. The number of para-hydroxylation sites is 1. The summed E-state index contributed by atoms with van der Waals surface area (Å²) >= 11 is 5.42. The van der Waals surface area contributed by atoms with Gasteiger partial charge in [-0.15, -0.1) is 11.6 Å². The van der Waals surface area contributed by atoms with Gasteiger partial charge in [0.1, 0.15) is 10.8 Å². The normalized spacial score (nSPS) is 11.1. The molecule has 0 unspecified atom stereocenters. The van der Waals surface area contributed by atoms with Crippen molar-refractivity contribution in [1.82, 2.24) is 9.71 Å². The molecule has 116 valence electrons. The van der Waals surface area contributed by atoms with E-state index < -0.39 is 15.9 Å². The fraction of sp³-hybridized carbons (Fsp3) is 0.143. The van der Waals surface area contributed by atoms with Gasteiger partial charge in [-0.2, -0.15) is 0 Å². The van der Waals surface area contributed by atoms with E-state index in [2.05, 4.69) is 15.0 Å². The molecule has 1 aromatic heterocycles. The first kappa shape index (κ1) is 16.4. The Morgan fingerprint density at radius 3 is 2.55 bits per heavy atom. The van der Waals surface area contributed by atoms with Crippen LogP contribution in [0.1, 0.15) is 5.69 Å². The summed E-state index contributed by atoms with van der Waals surface area (Å²) in [7, 11) is -3.79. The summed E-state index contributed by atoms with van der Waals surface area (Å²) in [4.78, 5) is 15.4. The second-order valence-electron chi connectivity index (χ2n) is 4.32. The smallest absolute Gasteiger partial charge is 0.242 e. The number of alkyl halides is 1. The molecule has 0 spiro atoms. The lowest BCUT2D eigenvalue weighted by molar-refractivity contribution is -0.113. The van der Waals surface area contributed by atoms with Gasteiger partial charge in [0.25, 0.3) is 0 Å². The molecular weight excluding hydrogens is 326 g/mol. The van der Waals surface area contributed by atoms with Gasteiger partial charge in [0.15, 0.2) is 0 Å². The fourth-order valence-corrected chi connectivity index (χ4v) is 2.96. The molecule has 0 bridgehead atoms. The van der Waals surface area contributed by atoms with E-state index in [0.29, 0.717) is 5.69 Å². The molecule has 2 rings (SSSR count). The van der Waals surface area contributed by atoms with E-state index in [4.69, 9.17) is 11.6 Å². The lowest BCUT2D eigenvalue weighted by Gasteiger charge is -2.11. The maximum absolute atomic E-state index is 12.4. The monoisotopic (exact) mass is 339 g/mol. The number of nitrogens with one attached hydrogen (secondary N) is 2. The van der Waals surface area contributed by atoms with Crippen LogP contribution in [0.2, 0.25) is 0 Å². The van der Waals surface area contributed by atoms with Gasteiger partial charge in [-0.25, -0.2) is 13.1 Å². The van der Waals surface area contributed by atoms with E-state index in [1.807, 2.05) is 0 Å². The van der Waals surface area contributed by atoms with Crippen molar-refractivity contribution in [2.24, 2.45) is 0 Å². The van der Waals surface area contributed by atoms with Crippen LogP contribution >= 0.6 is 11.6 Å². The molecule has 1 aromatic carbocycles. The zero-order valence-electron chi connectivity index (χ0n) is 11.5. The number of carbonyl (C=O) groups is 1. The van der Waals surface area contributed by atoms with Gasteiger partial charge >= 0.3 is 0 Å². The van der Waals surface area contributed by atoms with Crippen molar-refractivity contribution < 1.29 is 13.2 Å². The number of hydrogen-bond acceptors (Lipinski definition) is 4. The Balaban J connectivity index is 2.20. The Kier molecular flexibility index (Phi) is 5.48. The Morgan fingerprint density at radius 1 is 1.14 bits per heavy atom. The number of aromatic nitrogens is 1. The van der Waals surface area contributed by atoms with Gasteiger partial charge in [0.05, 0.1) is 17.9 Å². The van der Waals surface area contributed by atoms with Crippen molar-refractivity contribution >= 4 is 33.2 Å². The highest BCUT2D eigenvalue weighted by atomic mass is 35.5. The lowest BCUT2D eigenvalue weighted by Crippen LogP contribution is -2.25. The zero-order valence-corrected chi connectivity index (χ0v) is 13.1. The highest BCUT2D eigenvalue weighted by Gasteiger charge is 2.19. The first-order chi connectivity index (χ1) is 10.5. The molecular formula is C14H14ClN3O3S. The van der Waals surface area contributed by atoms with Crippen molar-refractivity contribution in [1.29, 1.82) is 0 Å². The summed E-state index contributed by atoms with van der Waals surface area (Å²) in [6.45, 7) is 0.0565. The number of pyridine rings is 1. The predicted molar refractivity (Wildman–Crippen MR) is 84.1 cm³/mol. The molecule has 0 aliphatic carbocycles. The number of amides is 1. The zero-order chi connectivity index (χ0) is 16.0. The standard InChI is InChI=1S/C14H14ClN3O3S/c15-9-14(19)18-12-6-1-2-7-13(12)22(20,21)17-10-11-5-3-4-8-16-11/h1-8,17H,9-10H2,(H,18,19). The number of benzene rings is 1. The van der Waals surface area contributed by atoms with Crippen LogP contribution in [0.25, 0.3) is 0 Å². The van der Waals surface area contributed by atoms with E-state index in [1.54, 1.807) is 36.5 Å². The van der Waals surface area contributed by atoms with Crippen LogP contribution in [0.4, 0.5) is 5.69 Å². The number of carbonyl (C=O) groups excluding carboxylic acids is 1. The largest absolute Gasteiger partial charge is 0.324 e. The molecule has 6 nitrogen and oxygen atoms in total. The third-order valence-electron chi connectivity index (χ3n) is 2.74. The van der Waals surface area contributed by atoms with Crippen LogP contribution in [0, 0.1) is 0 Å². The summed E-state index contributed by atoms with van der Waals surface area (Å²) in [6, 6.07) is 11.3. The Hall–Kier alpha value is -1.96. The molecule has 1 amide bonds. The van der Waals surface area contributed by atoms with Crippen molar-refractivity contribution in [3.8, 4) is 0 Å². The van der Waals surface area contributed by atoms with Crippen LogP contribution in [0.15, 0.2) is 53.6 Å². The number of nitrogens with zero attached hydrogens (tertiary/aromatic N) is 1. The first-order valence-electron chi connectivity index (χ1n) is 6.37. The number of halogens is 1. The topological polar surface area (TPSA) is 88.2 Å². The molecule has 0 atom stereocenters. The Bertz CT molecular complexity index is 751. The molecule has 0 saturated heterocycles. The third-order valence-corrected chi connectivity index (χ3v) is 4.44. The van der Waals surface area contributed by atoms with E-state index in [0.717, 1.165) is 0 Å². The maximum Gasteiger partial charge on any atom is 0.242 e. The minimum Gasteiger partial charge on any atom is -0.324 e. The van der Waals surface area contributed by atoms with Crippen molar-refractivity contribution in [3.63, 3.8) is 0 Å². The van der Waals surface area contributed by atoms with Crippen LogP contribution in [0.3, 0.4) is 0 Å². The van der Waals surface area contributed by atoms with Crippen LogP contribution < -0.4 is 10.0 Å². The van der Waals surface area contributed by atoms with Gasteiger partial charge < -0.3 is 5.32 Å². The van der Waals surface area contributed by atoms with Gasteiger partial charge in [0, 0.05) is 6.20 Å². The molecule has 1 heterocycles. The molecule has 0 radical (unpaired) electrons. The number of hydrogen-bond donors (Lipinski definition) is 2. The predicted octanol–water partition coefficient (Wildman–Crippen LogP) is 1.74. The first-order valence-corrected chi connectivity index (χ1v) is 8.39. The highest BCUT2D eigenvalue weighted by molar-refractivity contribution is 7.89. The summed E-state index contributed by atoms with van der Waals surface area (Å²) in [5.74, 6) is -0.732. The van der Waals surface area contributed by atoms with Gasteiger partial charge in [-0.1, -0.05) is 18.2 Å².